The third-order valence-corrected chi connectivity index (χ3v) is 4.52. The van der Waals surface area contributed by atoms with E-state index in [1.54, 1.807) is 0 Å². The Labute approximate surface area is 110 Å². The van der Waals surface area contributed by atoms with Gasteiger partial charge in [0, 0.05) is 44.1 Å². The molecule has 0 bridgehead atoms. The molecule has 1 saturated heterocycles. The number of piperazine rings is 1. The zero-order chi connectivity index (χ0) is 13.2. The Morgan fingerprint density at radius 1 is 1.44 bits per heavy atom. The van der Waals surface area contributed by atoms with Crippen molar-refractivity contribution in [1.82, 2.24) is 19.8 Å². The lowest BCUT2D eigenvalue weighted by molar-refractivity contribution is 0.0717. The van der Waals surface area contributed by atoms with Crippen molar-refractivity contribution in [3.05, 3.63) is 18.2 Å². The van der Waals surface area contributed by atoms with Crippen molar-refractivity contribution in [2.24, 2.45) is 7.05 Å². The zero-order valence-corrected chi connectivity index (χ0v) is 12.1. The molecule has 1 fully saturated rings. The van der Waals surface area contributed by atoms with Gasteiger partial charge in [-0.1, -0.05) is 13.8 Å². The maximum atomic E-state index is 4.44. The molecule has 1 aliphatic heterocycles. The molecule has 0 radical (unpaired) electrons. The molecule has 0 amide bonds. The molecule has 1 unspecified atom stereocenters. The summed E-state index contributed by atoms with van der Waals surface area (Å²) in [6.45, 7) is 10.0. The molecular formula is C14H26N4. The SMILES string of the molecule is CCC1(CC)CN(Cc2nccn2C)C(C)CN1. The molecule has 2 heterocycles. The molecule has 0 aliphatic carbocycles. The minimum absolute atomic E-state index is 0.289. The van der Waals surface area contributed by atoms with Gasteiger partial charge in [-0.3, -0.25) is 4.90 Å². The highest BCUT2D eigenvalue weighted by Gasteiger charge is 2.35. The summed E-state index contributed by atoms with van der Waals surface area (Å²) in [7, 11) is 2.07. The van der Waals surface area contributed by atoms with E-state index < -0.39 is 0 Å². The second-order valence-corrected chi connectivity index (χ2v) is 5.58. The second kappa shape index (κ2) is 5.41. The van der Waals surface area contributed by atoms with E-state index in [1.807, 2.05) is 12.4 Å². The summed E-state index contributed by atoms with van der Waals surface area (Å²) in [5.41, 5.74) is 0.289. The van der Waals surface area contributed by atoms with Crippen LogP contribution >= 0.6 is 0 Å². The molecule has 4 heteroatoms. The van der Waals surface area contributed by atoms with Gasteiger partial charge in [0.25, 0.3) is 0 Å². The molecular weight excluding hydrogens is 224 g/mol. The Kier molecular flexibility index (Phi) is 4.07. The van der Waals surface area contributed by atoms with E-state index >= 15 is 0 Å². The second-order valence-electron chi connectivity index (χ2n) is 5.58. The molecule has 0 spiro atoms. The predicted octanol–water partition coefficient (Wildman–Crippen LogP) is 1.77. The van der Waals surface area contributed by atoms with Gasteiger partial charge in [-0.05, 0) is 19.8 Å². The van der Waals surface area contributed by atoms with Crippen molar-refractivity contribution in [3.63, 3.8) is 0 Å². The standard InChI is InChI=1S/C14H26N4/c1-5-14(6-2)11-18(12(3)9-16-14)10-13-15-7-8-17(13)4/h7-8,12,16H,5-6,9-11H2,1-4H3. The Morgan fingerprint density at radius 3 is 2.72 bits per heavy atom. The summed E-state index contributed by atoms with van der Waals surface area (Å²) in [5.74, 6) is 1.16. The summed E-state index contributed by atoms with van der Waals surface area (Å²) < 4.78 is 2.12. The smallest absolute Gasteiger partial charge is 0.122 e. The van der Waals surface area contributed by atoms with Crippen molar-refractivity contribution in [1.29, 1.82) is 0 Å². The summed E-state index contributed by atoms with van der Waals surface area (Å²) in [6.07, 6.45) is 6.28. The first kappa shape index (κ1) is 13.6. The Balaban J connectivity index is 2.08. The van der Waals surface area contributed by atoms with Crippen molar-refractivity contribution < 1.29 is 0 Å². The minimum Gasteiger partial charge on any atom is -0.337 e. The lowest BCUT2D eigenvalue weighted by Gasteiger charge is -2.46. The van der Waals surface area contributed by atoms with Crippen LogP contribution in [-0.2, 0) is 13.6 Å². The Bertz CT molecular complexity index is 381. The first-order chi connectivity index (χ1) is 8.60. The summed E-state index contributed by atoms with van der Waals surface area (Å²) in [5, 5.41) is 3.74. The van der Waals surface area contributed by atoms with E-state index in [1.165, 1.54) is 12.8 Å². The maximum absolute atomic E-state index is 4.44. The van der Waals surface area contributed by atoms with Crippen molar-refractivity contribution in [3.8, 4) is 0 Å². The monoisotopic (exact) mass is 250 g/mol. The van der Waals surface area contributed by atoms with Crippen LogP contribution in [0.25, 0.3) is 0 Å². The third-order valence-electron chi connectivity index (χ3n) is 4.52. The van der Waals surface area contributed by atoms with Gasteiger partial charge in [-0.2, -0.15) is 0 Å². The van der Waals surface area contributed by atoms with E-state index in [-0.39, 0.29) is 5.54 Å². The molecule has 1 aromatic rings. The molecule has 2 rings (SSSR count). The average Bonchev–Trinajstić information content (AvgIpc) is 2.78. The first-order valence-electron chi connectivity index (χ1n) is 7.05. The van der Waals surface area contributed by atoms with Crippen molar-refractivity contribution >= 4 is 0 Å². The largest absolute Gasteiger partial charge is 0.337 e. The zero-order valence-electron chi connectivity index (χ0n) is 12.1. The van der Waals surface area contributed by atoms with Gasteiger partial charge in [0.1, 0.15) is 5.82 Å². The topological polar surface area (TPSA) is 33.1 Å². The molecule has 102 valence electrons. The van der Waals surface area contributed by atoms with E-state index in [9.17, 15) is 0 Å². The summed E-state index contributed by atoms with van der Waals surface area (Å²) >= 11 is 0. The molecule has 1 N–H and O–H groups in total. The number of aromatic nitrogens is 2. The molecule has 4 nitrogen and oxygen atoms in total. The van der Waals surface area contributed by atoms with Crippen LogP contribution in [0.3, 0.4) is 0 Å². The van der Waals surface area contributed by atoms with Crippen LogP contribution in [0.1, 0.15) is 39.4 Å². The number of aryl methyl sites for hydroxylation is 1. The van der Waals surface area contributed by atoms with Gasteiger partial charge < -0.3 is 9.88 Å². The normalized spacial score (nSPS) is 24.3. The number of imidazole rings is 1. The fourth-order valence-electron chi connectivity index (χ4n) is 2.76. The first-order valence-corrected chi connectivity index (χ1v) is 7.05. The van der Waals surface area contributed by atoms with Crippen LogP contribution in [0.5, 0.6) is 0 Å². The van der Waals surface area contributed by atoms with E-state index in [0.717, 1.165) is 25.5 Å². The van der Waals surface area contributed by atoms with Gasteiger partial charge >= 0.3 is 0 Å². The average molecular weight is 250 g/mol. The van der Waals surface area contributed by atoms with Crippen LogP contribution in [0.4, 0.5) is 0 Å². The molecule has 1 aliphatic rings. The third kappa shape index (κ3) is 2.59. The van der Waals surface area contributed by atoms with Crippen LogP contribution in [0.15, 0.2) is 12.4 Å². The van der Waals surface area contributed by atoms with Crippen LogP contribution in [0.2, 0.25) is 0 Å². The highest BCUT2D eigenvalue weighted by atomic mass is 15.3. The maximum Gasteiger partial charge on any atom is 0.122 e. The fraction of sp³-hybridized carbons (Fsp3) is 0.786. The minimum atomic E-state index is 0.289. The Hall–Kier alpha value is -0.870. The van der Waals surface area contributed by atoms with E-state index in [0.29, 0.717) is 6.04 Å². The van der Waals surface area contributed by atoms with Gasteiger partial charge in [-0.15, -0.1) is 0 Å². The van der Waals surface area contributed by atoms with Crippen LogP contribution < -0.4 is 5.32 Å². The quantitative estimate of drug-likeness (QED) is 0.884. The lowest BCUT2D eigenvalue weighted by Crippen LogP contribution is -2.62. The van der Waals surface area contributed by atoms with E-state index in [4.69, 9.17) is 0 Å². The fourth-order valence-corrected chi connectivity index (χ4v) is 2.76. The lowest BCUT2D eigenvalue weighted by atomic mass is 9.89. The van der Waals surface area contributed by atoms with Crippen LogP contribution in [-0.4, -0.2) is 39.1 Å². The van der Waals surface area contributed by atoms with E-state index in [2.05, 4.69) is 47.6 Å². The van der Waals surface area contributed by atoms with Gasteiger partial charge in [0.2, 0.25) is 0 Å². The molecule has 1 aromatic heterocycles. The van der Waals surface area contributed by atoms with Gasteiger partial charge in [0.15, 0.2) is 0 Å². The number of nitrogens with zero attached hydrogens (tertiary/aromatic N) is 3. The number of hydrogen-bond donors (Lipinski definition) is 1. The molecule has 0 saturated carbocycles. The van der Waals surface area contributed by atoms with Crippen molar-refractivity contribution in [2.75, 3.05) is 13.1 Å². The molecule has 1 atom stereocenters. The van der Waals surface area contributed by atoms with Gasteiger partial charge in [-0.25, -0.2) is 4.98 Å². The number of nitrogens with one attached hydrogen (secondary N) is 1. The van der Waals surface area contributed by atoms with Gasteiger partial charge in [0.05, 0.1) is 6.54 Å². The summed E-state index contributed by atoms with van der Waals surface area (Å²) in [6, 6.07) is 0.577. The van der Waals surface area contributed by atoms with Crippen molar-refractivity contribution in [2.45, 2.75) is 51.7 Å². The molecule has 18 heavy (non-hydrogen) atoms. The highest BCUT2D eigenvalue weighted by molar-refractivity contribution is 4.99. The van der Waals surface area contributed by atoms with Crippen LogP contribution in [0, 0.1) is 0 Å². The number of rotatable bonds is 4. The Morgan fingerprint density at radius 2 is 2.17 bits per heavy atom. The molecule has 0 aromatic carbocycles. The number of hydrogen-bond acceptors (Lipinski definition) is 3. The summed E-state index contributed by atoms with van der Waals surface area (Å²) in [4.78, 5) is 7.01. The predicted molar refractivity (Wildman–Crippen MR) is 74.4 cm³/mol. The highest BCUT2D eigenvalue weighted by Crippen LogP contribution is 2.23.